The highest BCUT2D eigenvalue weighted by Crippen LogP contribution is 2.44. The molecule has 8 nitrogen and oxygen atoms in total. The third-order valence-electron chi connectivity index (χ3n) is 4.69. The molecule has 0 aliphatic heterocycles. The summed E-state index contributed by atoms with van der Waals surface area (Å²) in [6.45, 7) is -0.345. The number of nitrogens with zero attached hydrogens (tertiary/aromatic N) is 1. The molecule has 30 heavy (non-hydrogen) atoms. The largest absolute Gasteiger partial charge is 0.480 e. The highest BCUT2D eigenvalue weighted by atomic mass is 32.1. The summed E-state index contributed by atoms with van der Waals surface area (Å²) in [7, 11) is 0. The van der Waals surface area contributed by atoms with E-state index in [-0.39, 0.29) is 23.4 Å². The van der Waals surface area contributed by atoms with Gasteiger partial charge < -0.3 is 15.2 Å². The molecule has 3 aromatic rings. The minimum absolute atomic E-state index is 0.0233. The first-order valence-electron chi connectivity index (χ1n) is 9.10. The maximum atomic E-state index is 12.2. The average molecular weight is 423 g/mol. The molecule has 1 aromatic heterocycles. The molecule has 0 bridgehead atoms. The Morgan fingerprint density at radius 2 is 1.67 bits per heavy atom. The Labute approximate surface area is 175 Å². The molecule has 1 aliphatic carbocycles. The van der Waals surface area contributed by atoms with Crippen LogP contribution in [0.25, 0.3) is 11.1 Å². The minimum atomic E-state index is -1.16. The highest BCUT2D eigenvalue weighted by Gasteiger charge is 2.29. The zero-order valence-electron chi connectivity index (χ0n) is 15.6. The number of rotatable bonds is 6. The predicted molar refractivity (Wildman–Crippen MR) is 111 cm³/mol. The Hall–Kier alpha value is -3.72. The van der Waals surface area contributed by atoms with Crippen molar-refractivity contribution in [2.24, 2.45) is 0 Å². The zero-order valence-corrected chi connectivity index (χ0v) is 16.4. The quantitative estimate of drug-likeness (QED) is 0.560. The number of hydrogen-bond acceptors (Lipinski definition) is 6. The summed E-state index contributed by atoms with van der Waals surface area (Å²) in [6, 6.07) is 16.1. The molecule has 0 spiro atoms. The molecule has 1 aliphatic rings. The van der Waals surface area contributed by atoms with Gasteiger partial charge in [-0.2, -0.15) is 0 Å². The molecule has 2 aromatic carbocycles. The summed E-state index contributed by atoms with van der Waals surface area (Å²) >= 11 is 1.04. The minimum Gasteiger partial charge on any atom is -0.480 e. The second kappa shape index (κ2) is 8.34. The Bertz CT molecular complexity index is 1080. The number of benzene rings is 2. The first-order chi connectivity index (χ1) is 14.5. The smallest absolute Gasteiger partial charge is 0.413 e. The van der Waals surface area contributed by atoms with Gasteiger partial charge in [-0.15, -0.1) is 11.3 Å². The standard InChI is InChI=1S/C21H17N3O5S/c25-18(26)9-22-19(27)17-11-30-20(23-17)24-21(28)29-10-16-14-7-3-1-5-12(14)13-6-2-4-8-15(13)16/h1-8,11,16H,9-10H2,(H,22,27)(H,25,26)(H,23,24,28). The summed E-state index contributed by atoms with van der Waals surface area (Å²) < 4.78 is 5.43. The number of anilines is 1. The number of hydrogen-bond donors (Lipinski definition) is 3. The summed E-state index contributed by atoms with van der Waals surface area (Å²) in [6.07, 6.45) is -0.677. The molecule has 0 fully saturated rings. The number of carboxylic acid groups (broad SMARTS) is 1. The van der Waals surface area contributed by atoms with E-state index in [9.17, 15) is 14.4 Å². The number of nitrogens with one attached hydrogen (secondary N) is 2. The van der Waals surface area contributed by atoms with E-state index in [4.69, 9.17) is 9.84 Å². The van der Waals surface area contributed by atoms with E-state index in [0.717, 1.165) is 33.6 Å². The van der Waals surface area contributed by atoms with Crippen LogP contribution in [0.1, 0.15) is 27.5 Å². The molecule has 0 atom stereocenters. The number of aliphatic carboxylic acids is 1. The van der Waals surface area contributed by atoms with Gasteiger partial charge in [-0.25, -0.2) is 9.78 Å². The molecule has 9 heteroatoms. The van der Waals surface area contributed by atoms with Crippen LogP contribution in [-0.4, -0.2) is 41.2 Å². The fraction of sp³-hybridized carbons (Fsp3) is 0.143. The van der Waals surface area contributed by atoms with Gasteiger partial charge >= 0.3 is 12.1 Å². The lowest BCUT2D eigenvalue weighted by Gasteiger charge is -2.14. The molecule has 1 heterocycles. The van der Waals surface area contributed by atoms with E-state index in [1.165, 1.54) is 5.38 Å². The van der Waals surface area contributed by atoms with Gasteiger partial charge in [-0.3, -0.25) is 14.9 Å². The second-order valence-corrected chi connectivity index (χ2v) is 7.42. The summed E-state index contributed by atoms with van der Waals surface area (Å²) in [5.74, 6) is -1.85. The van der Waals surface area contributed by atoms with Crippen molar-refractivity contribution in [3.63, 3.8) is 0 Å². The lowest BCUT2D eigenvalue weighted by atomic mass is 9.98. The van der Waals surface area contributed by atoms with Crippen LogP contribution in [0.3, 0.4) is 0 Å². The van der Waals surface area contributed by atoms with Crippen molar-refractivity contribution in [3.8, 4) is 11.1 Å². The Morgan fingerprint density at radius 1 is 1.03 bits per heavy atom. The van der Waals surface area contributed by atoms with E-state index in [2.05, 4.69) is 27.8 Å². The van der Waals surface area contributed by atoms with Crippen LogP contribution in [0.4, 0.5) is 9.93 Å². The van der Waals surface area contributed by atoms with Gasteiger partial charge in [-0.1, -0.05) is 48.5 Å². The van der Waals surface area contributed by atoms with Crippen LogP contribution in [0.15, 0.2) is 53.9 Å². The van der Waals surface area contributed by atoms with Crippen LogP contribution in [0, 0.1) is 0 Å². The number of carbonyl (C=O) groups excluding carboxylic acids is 2. The number of carboxylic acids is 1. The molecule has 0 unspecified atom stereocenters. The third-order valence-corrected chi connectivity index (χ3v) is 5.45. The van der Waals surface area contributed by atoms with Crippen molar-refractivity contribution in [1.82, 2.24) is 10.3 Å². The van der Waals surface area contributed by atoms with Crippen LogP contribution < -0.4 is 10.6 Å². The van der Waals surface area contributed by atoms with Crippen molar-refractivity contribution in [1.29, 1.82) is 0 Å². The van der Waals surface area contributed by atoms with Gasteiger partial charge in [0, 0.05) is 11.3 Å². The fourth-order valence-electron chi connectivity index (χ4n) is 3.40. The van der Waals surface area contributed by atoms with E-state index < -0.39 is 24.5 Å². The summed E-state index contributed by atoms with van der Waals surface area (Å²) in [5.41, 5.74) is 4.52. The molecule has 2 amide bonds. The fourth-order valence-corrected chi connectivity index (χ4v) is 4.08. The molecule has 0 saturated carbocycles. The Kier molecular flexibility index (Phi) is 5.44. The molecular weight excluding hydrogens is 406 g/mol. The van der Waals surface area contributed by atoms with E-state index in [0.29, 0.717) is 0 Å². The van der Waals surface area contributed by atoms with Gasteiger partial charge in [0.2, 0.25) is 0 Å². The van der Waals surface area contributed by atoms with Gasteiger partial charge in [0.1, 0.15) is 18.8 Å². The monoisotopic (exact) mass is 423 g/mol. The normalized spacial score (nSPS) is 12.0. The SMILES string of the molecule is O=C(O)CNC(=O)c1csc(NC(=O)OCC2c3ccccc3-c3ccccc32)n1. The first-order valence-corrected chi connectivity index (χ1v) is 9.98. The first kappa shape index (κ1) is 19.6. The topological polar surface area (TPSA) is 118 Å². The number of thiazole rings is 1. The maximum absolute atomic E-state index is 12.2. The van der Waals surface area contributed by atoms with Crippen molar-refractivity contribution in [2.75, 3.05) is 18.5 Å². The lowest BCUT2D eigenvalue weighted by molar-refractivity contribution is -0.135. The van der Waals surface area contributed by atoms with E-state index in [1.807, 2.05) is 36.4 Å². The molecule has 152 valence electrons. The Morgan fingerprint density at radius 3 is 2.30 bits per heavy atom. The molecule has 4 rings (SSSR count). The van der Waals surface area contributed by atoms with E-state index in [1.54, 1.807) is 0 Å². The molecule has 0 radical (unpaired) electrons. The molecule has 0 saturated heterocycles. The highest BCUT2D eigenvalue weighted by molar-refractivity contribution is 7.14. The van der Waals surface area contributed by atoms with Crippen LogP contribution >= 0.6 is 11.3 Å². The Balaban J connectivity index is 1.38. The molecular formula is C21H17N3O5S. The van der Waals surface area contributed by atoms with Gasteiger partial charge in [0.25, 0.3) is 5.91 Å². The molecule has 3 N–H and O–H groups in total. The number of carbonyl (C=O) groups is 3. The van der Waals surface area contributed by atoms with Crippen molar-refractivity contribution in [3.05, 3.63) is 70.7 Å². The van der Waals surface area contributed by atoms with Crippen molar-refractivity contribution >= 4 is 34.4 Å². The number of ether oxygens (including phenoxy) is 1. The van der Waals surface area contributed by atoms with Crippen molar-refractivity contribution < 1.29 is 24.2 Å². The average Bonchev–Trinajstić information content (AvgIpc) is 3.33. The number of amides is 2. The van der Waals surface area contributed by atoms with Crippen LogP contribution in [0.2, 0.25) is 0 Å². The van der Waals surface area contributed by atoms with Crippen LogP contribution in [-0.2, 0) is 9.53 Å². The number of fused-ring (bicyclic) bond motifs is 3. The van der Waals surface area contributed by atoms with Gasteiger partial charge in [0.15, 0.2) is 5.13 Å². The van der Waals surface area contributed by atoms with Crippen LogP contribution in [0.5, 0.6) is 0 Å². The number of aromatic nitrogens is 1. The third kappa shape index (κ3) is 4.01. The second-order valence-electron chi connectivity index (χ2n) is 6.56. The summed E-state index contributed by atoms with van der Waals surface area (Å²) in [4.78, 5) is 38.5. The predicted octanol–water partition coefficient (Wildman–Crippen LogP) is 3.32. The zero-order chi connectivity index (χ0) is 21.1. The maximum Gasteiger partial charge on any atom is 0.413 e. The van der Waals surface area contributed by atoms with E-state index >= 15 is 0 Å². The van der Waals surface area contributed by atoms with Gasteiger partial charge in [-0.05, 0) is 22.3 Å². The van der Waals surface area contributed by atoms with Crippen molar-refractivity contribution in [2.45, 2.75) is 5.92 Å². The van der Waals surface area contributed by atoms with Gasteiger partial charge in [0.05, 0.1) is 0 Å². The summed E-state index contributed by atoms with van der Waals surface area (Å²) in [5, 5.41) is 14.9. The lowest BCUT2D eigenvalue weighted by Crippen LogP contribution is -2.29.